The lowest BCUT2D eigenvalue weighted by Crippen LogP contribution is -2.25. The van der Waals surface area contributed by atoms with Gasteiger partial charge in [-0.1, -0.05) is 162 Å². The molecular weight excluding hydrogens is 767 g/mol. The number of fused-ring (bicyclic) bond motifs is 3. The minimum Gasteiger partial charge on any atom is -0.478 e. The van der Waals surface area contributed by atoms with Crippen LogP contribution in [-0.2, 0) is 0 Å². The Hall–Kier alpha value is -6.39. The zero-order valence-electron chi connectivity index (χ0n) is 35.4. The quantitative estimate of drug-likeness (QED) is 0.0598. The Balaban J connectivity index is 1.15. The van der Waals surface area contributed by atoms with Gasteiger partial charge in [-0.2, -0.15) is 8.75 Å². The minimum atomic E-state index is -0.965. The Bertz CT molecular complexity index is 2710. The molecule has 0 fully saturated rings. The van der Waals surface area contributed by atoms with E-state index < -0.39 is 5.97 Å². The molecule has 0 aliphatic rings. The molecule has 7 rings (SSSR count). The molecule has 0 bridgehead atoms. The number of carboxylic acids is 1. The van der Waals surface area contributed by atoms with Crippen molar-refractivity contribution in [2.45, 2.75) is 90.9 Å². The first-order valence-electron chi connectivity index (χ1n) is 22.0. The average molecular weight is 820 g/mol. The molecule has 0 radical (unpaired) electrons. The summed E-state index contributed by atoms with van der Waals surface area (Å²) >= 11 is 1.14. The van der Waals surface area contributed by atoms with E-state index in [0.717, 1.165) is 79.7 Å². The Morgan fingerprint density at radius 3 is 1.39 bits per heavy atom. The van der Waals surface area contributed by atoms with E-state index in [9.17, 15) is 9.90 Å². The number of benzene rings is 6. The monoisotopic (exact) mass is 819 g/mol. The Morgan fingerprint density at radius 2 is 0.918 bits per heavy atom. The van der Waals surface area contributed by atoms with Crippen LogP contribution in [0.5, 0.6) is 0 Å². The summed E-state index contributed by atoms with van der Waals surface area (Å²) in [4.78, 5) is 13.8. The largest absolute Gasteiger partial charge is 0.478 e. The number of anilines is 1. The number of hydrogen-bond acceptors (Lipinski definition) is 5. The van der Waals surface area contributed by atoms with Gasteiger partial charge in [-0.15, -0.1) is 0 Å². The molecule has 0 saturated carbocycles. The number of unbranched alkanes of at least 4 members (excludes halogenated alkanes) is 10. The SMILES string of the molecule is CCCCCCCCN(CCCCCCCC)c1ccc(C#Cc2c3ccccc3c(C#Cc3ccc(C#Cc4ccc(C(=O)O)cc4)c4nsnc34)c3ccccc23)cc1. The van der Waals surface area contributed by atoms with Crippen molar-refractivity contribution in [1.82, 2.24) is 8.75 Å². The second kappa shape index (κ2) is 21.7. The van der Waals surface area contributed by atoms with Crippen molar-refractivity contribution in [2.75, 3.05) is 18.0 Å². The van der Waals surface area contributed by atoms with Crippen LogP contribution in [0.4, 0.5) is 5.69 Å². The first-order valence-corrected chi connectivity index (χ1v) is 22.7. The molecule has 1 N–H and O–H groups in total. The maximum atomic E-state index is 11.2. The van der Waals surface area contributed by atoms with E-state index in [1.54, 1.807) is 24.3 Å². The molecule has 1 aromatic heterocycles. The number of aromatic nitrogens is 2. The molecule has 306 valence electrons. The number of hydrogen-bond donors (Lipinski definition) is 1. The first kappa shape index (κ1) is 42.7. The van der Waals surface area contributed by atoms with Crippen LogP contribution >= 0.6 is 11.7 Å². The molecule has 6 heteroatoms. The van der Waals surface area contributed by atoms with E-state index in [0.29, 0.717) is 11.0 Å². The van der Waals surface area contributed by atoms with Crippen molar-refractivity contribution in [3.63, 3.8) is 0 Å². The van der Waals surface area contributed by atoms with Crippen LogP contribution < -0.4 is 4.90 Å². The second-order valence-corrected chi connectivity index (χ2v) is 16.2. The highest BCUT2D eigenvalue weighted by atomic mass is 32.1. The maximum Gasteiger partial charge on any atom is 0.335 e. The van der Waals surface area contributed by atoms with Crippen molar-refractivity contribution >= 4 is 56.0 Å². The molecule has 0 aliphatic carbocycles. The van der Waals surface area contributed by atoms with E-state index in [1.165, 1.54) is 82.7 Å². The van der Waals surface area contributed by atoms with E-state index in [4.69, 9.17) is 0 Å². The van der Waals surface area contributed by atoms with Crippen LogP contribution in [0, 0.1) is 35.5 Å². The number of aromatic carboxylic acids is 1. The number of carboxylic acid groups (broad SMARTS) is 1. The molecular formula is C55H53N3O2S. The van der Waals surface area contributed by atoms with E-state index in [-0.39, 0.29) is 5.56 Å². The van der Waals surface area contributed by atoms with Crippen LogP contribution in [0.3, 0.4) is 0 Å². The summed E-state index contributed by atoms with van der Waals surface area (Å²) in [6.45, 7) is 6.78. The molecule has 0 amide bonds. The molecule has 6 aromatic carbocycles. The predicted molar refractivity (Wildman–Crippen MR) is 256 cm³/mol. The molecule has 5 nitrogen and oxygen atoms in total. The van der Waals surface area contributed by atoms with E-state index in [2.05, 4.69) is 136 Å². The van der Waals surface area contributed by atoms with Crippen molar-refractivity contribution in [3.8, 4) is 35.5 Å². The third-order valence-electron chi connectivity index (χ3n) is 11.3. The van der Waals surface area contributed by atoms with Gasteiger partial charge in [-0.25, -0.2) is 4.79 Å². The fourth-order valence-electron chi connectivity index (χ4n) is 7.86. The fourth-order valence-corrected chi connectivity index (χ4v) is 8.43. The van der Waals surface area contributed by atoms with Gasteiger partial charge in [0.05, 0.1) is 28.4 Å². The van der Waals surface area contributed by atoms with Gasteiger partial charge in [0.1, 0.15) is 11.0 Å². The lowest BCUT2D eigenvalue weighted by molar-refractivity contribution is 0.0697. The van der Waals surface area contributed by atoms with Crippen molar-refractivity contribution in [1.29, 1.82) is 0 Å². The van der Waals surface area contributed by atoms with Crippen LogP contribution in [0.2, 0.25) is 0 Å². The second-order valence-electron chi connectivity index (χ2n) is 15.7. The van der Waals surface area contributed by atoms with Crippen LogP contribution in [0.1, 0.15) is 135 Å². The molecule has 1 heterocycles. The molecule has 7 aromatic rings. The summed E-state index contributed by atoms with van der Waals surface area (Å²) in [5.41, 5.74) is 8.11. The predicted octanol–water partition coefficient (Wildman–Crippen LogP) is 13.4. The average Bonchev–Trinajstić information content (AvgIpc) is 3.80. The smallest absolute Gasteiger partial charge is 0.335 e. The van der Waals surface area contributed by atoms with Gasteiger partial charge in [0.15, 0.2) is 0 Å². The molecule has 0 aliphatic heterocycles. The normalized spacial score (nSPS) is 10.8. The number of carbonyl (C=O) groups is 1. The van der Waals surface area contributed by atoms with Gasteiger partial charge >= 0.3 is 5.97 Å². The summed E-state index contributed by atoms with van der Waals surface area (Å²) in [7, 11) is 0. The zero-order chi connectivity index (χ0) is 42.2. The molecule has 0 unspecified atom stereocenters. The Morgan fingerprint density at radius 1 is 0.508 bits per heavy atom. The fraction of sp³-hybridized carbons (Fsp3) is 0.291. The lowest BCUT2D eigenvalue weighted by atomic mass is 9.91. The highest BCUT2D eigenvalue weighted by Gasteiger charge is 2.13. The highest BCUT2D eigenvalue weighted by molar-refractivity contribution is 7.00. The standard InChI is InChI=1S/C55H53N3O2S/c1-3-5-7-9-11-17-39-58(40-18-12-10-8-6-4-2)46-35-26-42(27-36-46)28-37-51-47-19-13-15-21-49(47)52(50-22-16-14-20-48(50)51)38-34-44-33-32-43(53-54(44)57-61-56-53)29-23-41-24-30-45(31-25-41)55(59)60/h13-16,19-22,24-27,30-33,35-36H,3-12,17-18,39-40H2,1-2H3,(H,59,60). The van der Waals surface area contributed by atoms with E-state index >= 15 is 0 Å². The molecule has 0 atom stereocenters. The van der Waals surface area contributed by atoms with Crippen LogP contribution in [0.25, 0.3) is 32.6 Å². The van der Waals surface area contributed by atoms with Crippen LogP contribution in [-0.4, -0.2) is 32.9 Å². The van der Waals surface area contributed by atoms with E-state index in [1.807, 2.05) is 12.1 Å². The summed E-state index contributed by atoms with van der Waals surface area (Å²) in [6, 6.07) is 36.1. The molecule has 61 heavy (non-hydrogen) atoms. The number of nitrogens with zero attached hydrogens (tertiary/aromatic N) is 3. The van der Waals surface area contributed by atoms with Gasteiger partial charge in [0.2, 0.25) is 0 Å². The van der Waals surface area contributed by atoms with Gasteiger partial charge in [-0.3, -0.25) is 0 Å². The Labute approximate surface area is 365 Å². The van der Waals surface area contributed by atoms with Crippen LogP contribution in [0.15, 0.2) is 109 Å². The minimum absolute atomic E-state index is 0.225. The van der Waals surface area contributed by atoms with Gasteiger partial charge in [0, 0.05) is 41.0 Å². The molecule has 0 spiro atoms. The topological polar surface area (TPSA) is 66.3 Å². The number of rotatable bonds is 16. The Kier molecular flexibility index (Phi) is 15.2. The highest BCUT2D eigenvalue weighted by Crippen LogP contribution is 2.33. The third-order valence-corrected chi connectivity index (χ3v) is 11.8. The summed E-state index contributed by atoms with van der Waals surface area (Å²) < 4.78 is 9.17. The van der Waals surface area contributed by atoms with Crippen molar-refractivity contribution < 1.29 is 9.90 Å². The summed E-state index contributed by atoms with van der Waals surface area (Å²) in [6.07, 6.45) is 15.7. The first-order chi connectivity index (χ1) is 30.0. The van der Waals surface area contributed by atoms with Gasteiger partial charge < -0.3 is 10.0 Å². The third kappa shape index (κ3) is 11.1. The molecule has 0 saturated heterocycles. The van der Waals surface area contributed by atoms with Gasteiger partial charge in [0.25, 0.3) is 0 Å². The maximum absolute atomic E-state index is 11.2. The lowest BCUT2D eigenvalue weighted by Gasteiger charge is -2.25. The van der Waals surface area contributed by atoms with Crippen molar-refractivity contribution in [3.05, 3.63) is 148 Å². The van der Waals surface area contributed by atoms with Crippen molar-refractivity contribution in [2.24, 2.45) is 0 Å². The van der Waals surface area contributed by atoms with Gasteiger partial charge in [-0.05, 0) is 95.1 Å². The summed E-state index contributed by atoms with van der Waals surface area (Å²) in [5.74, 6) is 19.5. The summed E-state index contributed by atoms with van der Waals surface area (Å²) in [5, 5.41) is 13.5. The zero-order valence-corrected chi connectivity index (χ0v) is 36.2.